The molecule has 2 aliphatic heterocycles. The van der Waals surface area contributed by atoms with Gasteiger partial charge in [-0.05, 0) is 69.6 Å². The van der Waals surface area contributed by atoms with E-state index in [1.165, 1.54) is 19.1 Å². The van der Waals surface area contributed by atoms with E-state index in [1.807, 2.05) is 6.08 Å². The number of ketones is 1. The lowest BCUT2D eigenvalue weighted by Gasteiger charge is -2.32. The molecule has 166 valence electrons. The molecular formula is C24H29FN2O4. The van der Waals surface area contributed by atoms with Crippen molar-refractivity contribution >= 4 is 11.5 Å². The van der Waals surface area contributed by atoms with Gasteiger partial charge in [0.1, 0.15) is 5.83 Å². The van der Waals surface area contributed by atoms with Crippen molar-refractivity contribution in [1.29, 1.82) is 0 Å². The maximum Gasteiger partial charge on any atom is 0.161 e. The van der Waals surface area contributed by atoms with Gasteiger partial charge >= 0.3 is 0 Å². The highest BCUT2D eigenvalue weighted by Crippen LogP contribution is 2.34. The summed E-state index contributed by atoms with van der Waals surface area (Å²) < 4.78 is 24.6. The van der Waals surface area contributed by atoms with E-state index >= 15 is 0 Å². The minimum absolute atomic E-state index is 0.00189. The summed E-state index contributed by atoms with van der Waals surface area (Å²) in [6.07, 6.45) is 7.61. The van der Waals surface area contributed by atoms with Gasteiger partial charge in [-0.2, -0.15) is 0 Å². The average Bonchev–Trinajstić information content (AvgIpc) is 3.20. The SMILES string of the molecule is COc1cc(C(C)=O)ccc1OCCCN1CCC(C2=NOC3C=C(F)C=CC23)CC1. The lowest BCUT2D eigenvalue weighted by Crippen LogP contribution is -2.39. The predicted octanol–water partition coefficient (Wildman–Crippen LogP) is 4.17. The van der Waals surface area contributed by atoms with Crippen LogP contribution in [-0.4, -0.2) is 55.8 Å². The van der Waals surface area contributed by atoms with E-state index in [2.05, 4.69) is 10.1 Å². The van der Waals surface area contributed by atoms with Crippen LogP contribution < -0.4 is 9.47 Å². The zero-order valence-corrected chi connectivity index (χ0v) is 18.1. The number of likely N-dealkylation sites (tertiary alicyclic amines) is 1. The summed E-state index contributed by atoms with van der Waals surface area (Å²) >= 11 is 0. The Morgan fingerprint density at radius 1 is 1.29 bits per heavy atom. The molecule has 1 aromatic carbocycles. The van der Waals surface area contributed by atoms with Gasteiger partial charge in [-0.15, -0.1) is 0 Å². The van der Waals surface area contributed by atoms with Crippen LogP contribution >= 0.6 is 0 Å². The Bertz CT molecular complexity index is 903. The van der Waals surface area contributed by atoms with Crippen LogP contribution in [0.3, 0.4) is 0 Å². The van der Waals surface area contributed by atoms with E-state index in [4.69, 9.17) is 14.3 Å². The van der Waals surface area contributed by atoms with Gasteiger partial charge in [0.05, 0.1) is 25.3 Å². The van der Waals surface area contributed by atoms with Crippen LogP contribution in [0.25, 0.3) is 0 Å². The summed E-state index contributed by atoms with van der Waals surface area (Å²) in [4.78, 5) is 19.4. The van der Waals surface area contributed by atoms with Crippen LogP contribution in [0.5, 0.6) is 11.5 Å². The van der Waals surface area contributed by atoms with E-state index in [9.17, 15) is 9.18 Å². The van der Waals surface area contributed by atoms with Gasteiger partial charge < -0.3 is 19.2 Å². The van der Waals surface area contributed by atoms with Gasteiger partial charge in [0.25, 0.3) is 0 Å². The van der Waals surface area contributed by atoms with Crippen LogP contribution in [0.15, 0.2) is 47.4 Å². The fourth-order valence-electron chi connectivity index (χ4n) is 4.44. The number of rotatable bonds is 8. The van der Waals surface area contributed by atoms with Crippen LogP contribution in [-0.2, 0) is 4.84 Å². The second kappa shape index (κ2) is 9.64. The lowest BCUT2D eigenvalue weighted by atomic mass is 9.81. The molecule has 0 radical (unpaired) electrons. The van der Waals surface area contributed by atoms with Gasteiger partial charge in [-0.1, -0.05) is 11.2 Å². The molecule has 2 atom stereocenters. The van der Waals surface area contributed by atoms with E-state index < -0.39 is 0 Å². The topological polar surface area (TPSA) is 60.4 Å². The van der Waals surface area contributed by atoms with E-state index in [-0.39, 0.29) is 23.6 Å². The first kappa shape index (κ1) is 21.6. The normalized spacial score (nSPS) is 23.6. The second-order valence-corrected chi connectivity index (χ2v) is 8.26. The van der Waals surface area contributed by atoms with Crippen LogP contribution in [0.2, 0.25) is 0 Å². The molecule has 0 amide bonds. The number of nitrogens with zero attached hydrogens (tertiary/aromatic N) is 2. The first-order valence-corrected chi connectivity index (χ1v) is 10.9. The monoisotopic (exact) mass is 428 g/mol. The molecule has 0 bridgehead atoms. The first-order chi connectivity index (χ1) is 15.0. The highest BCUT2D eigenvalue weighted by atomic mass is 19.1. The third-order valence-corrected chi connectivity index (χ3v) is 6.21. The molecule has 0 spiro atoms. The number of hydrogen-bond donors (Lipinski definition) is 0. The molecule has 7 heteroatoms. The van der Waals surface area contributed by atoms with Crippen molar-refractivity contribution in [1.82, 2.24) is 4.90 Å². The van der Waals surface area contributed by atoms with Gasteiger partial charge in [0.2, 0.25) is 0 Å². The average molecular weight is 429 g/mol. The van der Waals surface area contributed by atoms with Gasteiger partial charge in [0, 0.05) is 18.0 Å². The zero-order chi connectivity index (χ0) is 21.8. The molecule has 2 heterocycles. The Labute approximate surface area is 182 Å². The zero-order valence-electron chi connectivity index (χ0n) is 18.1. The minimum Gasteiger partial charge on any atom is -0.493 e. The van der Waals surface area contributed by atoms with E-state index in [0.29, 0.717) is 29.6 Å². The number of ether oxygens (including phenoxy) is 2. The van der Waals surface area contributed by atoms with E-state index in [1.54, 1.807) is 25.3 Å². The summed E-state index contributed by atoms with van der Waals surface area (Å²) in [5.41, 5.74) is 1.68. The highest BCUT2D eigenvalue weighted by molar-refractivity contribution is 5.94. The minimum atomic E-state index is -0.281. The van der Waals surface area contributed by atoms with E-state index in [0.717, 1.165) is 44.6 Å². The number of benzene rings is 1. The number of carbonyl (C=O) groups excluding carboxylic acids is 1. The quantitative estimate of drug-likeness (QED) is 0.459. The van der Waals surface area contributed by atoms with Crippen molar-refractivity contribution in [3.63, 3.8) is 0 Å². The summed E-state index contributed by atoms with van der Waals surface area (Å²) in [5.74, 6) is 1.47. The summed E-state index contributed by atoms with van der Waals surface area (Å²) in [7, 11) is 1.58. The van der Waals surface area contributed by atoms with Gasteiger partial charge in [-0.3, -0.25) is 4.79 Å². The predicted molar refractivity (Wildman–Crippen MR) is 116 cm³/mol. The maximum absolute atomic E-state index is 13.4. The largest absolute Gasteiger partial charge is 0.493 e. The number of hydrogen-bond acceptors (Lipinski definition) is 6. The number of halogens is 1. The Morgan fingerprint density at radius 2 is 2.10 bits per heavy atom. The fourth-order valence-corrected chi connectivity index (χ4v) is 4.44. The summed E-state index contributed by atoms with van der Waals surface area (Å²) in [6.45, 7) is 5.09. The van der Waals surface area contributed by atoms with Crippen molar-refractivity contribution in [3.05, 3.63) is 47.8 Å². The lowest BCUT2D eigenvalue weighted by molar-refractivity contribution is 0.101. The number of carbonyl (C=O) groups is 1. The molecule has 1 fully saturated rings. The molecule has 3 aliphatic rings. The van der Waals surface area contributed by atoms with Crippen molar-refractivity contribution in [2.24, 2.45) is 17.0 Å². The third kappa shape index (κ3) is 4.98. The standard InChI is InChI=1S/C24H29FN2O4/c1-16(28)18-4-7-21(23(14-18)29-2)30-13-3-10-27-11-8-17(9-12-27)24-20-6-5-19(25)15-22(20)31-26-24/h4-7,14-15,17,20,22H,3,8-13H2,1-2H3. The summed E-state index contributed by atoms with van der Waals surface area (Å²) in [5, 5.41) is 4.29. The van der Waals surface area contributed by atoms with Crippen molar-refractivity contribution in [2.75, 3.05) is 33.4 Å². The second-order valence-electron chi connectivity index (χ2n) is 8.26. The van der Waals surface area contributed by atoms with Crippen molar-refractivity contribution in [3.8, 4) is 11.5 Å². The first-order valence-electron chi connectivity index (χ1n) is 10.9. The number of oxime groups is 1. The highest BCUT2D eigenvalue weighted by Gasteiger charge is 2.38. The molecule has 4 rings (SSSR count). The molecule has 1 aromatic rings. The molecule has 6 nitrogen and oxygen atoms in total. The number of fused-ring (bicyclic) bond motifs is 1. The molecule has 0 saturated carbocycles. The Balaban J connectivity index is 1.19. The maximum atomic E-state index is 13.4. The molecule has 1 saturated heterocycles. The number of allylic oxidation sites excluding steroid dienone is 2. The molecule has 0 N–H and O–H groups in total. The molecule has 1 aliphatic carbocycles. The Kier molecular flexibility index (Phi) is 6.70. The van der Waals surface area contributed by atoms with Crippen molar-refractivity contribution in [2.45, 2.75) is 32.3 Å². The van der Waals surface area contributed by atoms with Crippen molar-refractivity contribution < 1.29 is 23.5 Å². The Hall–Kier alpha value is -2.67. The van der Waals surface area contributed by atoms with Crippen LogP contribution in [0, 0.1) is 11.8 Å². The third-order valence-electron chi connectivity index (χ3n) is 6.21. The molecule has 0 aromatic heterocycles. The number of methoxy groups -OCH3 is 1. The molecular weight excluding hydrogens is 399 g/mol. The molecule has 31 heavy (non-hydrogen) atoms. The number of piperidine rings is 1. The number of Topliss-reactive ketones (excluding diaryl/α,β-unsaturated/α-hetero) is 1. The van der Waals surface area contributed by atoms with Crippen LogP contribution in [0.1, 0.15) is 36.5 Å². The summed E-state index contributed by atoms with van der Waals surface area (Å²) in [6, 6.07) is 5.27. The van der Waals surface area contributed by atoms with Crippen LogP contribution in [0.4, 0.5) is 4.39 Å². The Morgan fingerprint density at radius 3 is 2.84 bits per heavy atom. The molecule has 2 unspecified atom stereocenters. The van der Waals surface area contributed by atoms with Gasteiger partial charge in [-0.25, -0.2) is 4.39 Å². The fraction of sp³-hybridized carbons (Fsp3) is 0.500. The smallest absolute Gasteiger partial charge is 0.161 e. The van der Waals surface area contributed by atoms with Gasteiger partial charge in [0.15, 0.2) is 23.4 Å².